The van der Waals surface area contributed by atoms with Crippen LogP contribution < -0.4 is 63.8 Å². The van der Waals surface area contributed by atoms with Crippen molar-refractivity contribution in [1.82, 2.24) is 0 Å². The molecule has 0 aromatic rings. The summed E-state index contributed by atoms with van der Waals surface area (Å²) in [5, 5.41) is 15.8. The molecule has 0 aliphatic heterocycles. The topological polar surface area (TPSA) is 57.5 Å². The number of hydrogen-bond donors (Lipinski definition) is 2. The van der Waals surface area contributed by atoms with E-state index in [1.807, 2.05) is 0 Å². The van der Waals surface area contributed by atoms with Crippen LogP contribution in [0.15, 0.2) is 0 Å². The van der Waals surface area contributed by atoms with E-state index in [9.17, 15) is 4.79 Å². The van der Waals surface area contributed by atoms with Crippen molar-refractivity contribution in [1.29, 1.82) is 0 Å². The summed E-state index contributed by atoms with van der Waals surface area (Å²) in [4.78, 5) is 9.45. The molecule has 8 heavy (non-hydrogen) atoms. The van der Waals surface area contributed by atoms with E-state index in [0.717, 1.165) is 0 Å². The fourth-order valence-corrected chi connectivity index (χ4v) is 0. The Hall–Kier alpha value is 1.36. The summed E-state index contributed by atoms with van der Waals surface area (Å²) in [5.41, 5.74) is 0. The van der Waals surface area contributed by atoms with Gasteiger partial charge in [-0.25, -0.2) is 4.79 Å². The molecule has 1 unspecified atom stereocenters. The zero-order chi connectivity index (χ0) is 5.15. The summed E-state index contributed by atoms with van der Waals surface area (Å²) >= 11 is 0. The van der Waals surface area contributed by atoms with E-state index < -0.39 is 12.1 Å². The second kappa shape index (κ2) is 8.36. The fourth-order valence-electron chi connectivity index (χ4n) is 0. The first-order chi connectivity index (χ1) is 2.64. The Bertz CT molecular complexity index is 65.5. The third kappa shape index (κ3) is 10.4. The molecule has 5 heteroatoms. The van der Waals surface area contributed by atoms with E-state index in [-0.39, 0.29) is 63.8 Å². The second-order valence-corrected chi connectivity index (χ2v) is 1.01. The van der Waals surface area contributed by atoms with Crippen molar-refractivity contribution in [2.24, 2.45) is 0 Å². The van der Waals surface area contributed by atoms with Gasteiger partial charge in [-0.2, -0.15) is 0 Å². The van der Waals surface area contributed by atoms with Gasteiger partial charge in [0.25, 0.3) is 0 Å². The van der Waals surface area contributed by atoms with Gasteiger partial charge >= 0.3 is 57.4 Å². The number of aliphatic hydroxyl groups excluding tert-OH is 1. The Labute approximate surface area is 96.3 Å². The largest absolute Gasteiger partial charge is 1.00 e. The van der Waals surface area contributed by atoms with Crippen molar-refractivity contribution >= 4 is 5.97 Å². The number of carboxylic acid groups (broad SMARTS) is 1. The Balaban J connectivity index is -0.000000125. The quantitative estimate of drug-likeness (QED) is 0.379. The predicted molar refractivity (Wildman–Crippen MR) is 19.3 cm³/mol. The molecule has 0 radical (unpaired) electrons. The van der Waals surface area contributed by atoms with Gasteiger partial charge in [0.2, 0.25) is 0 Å². The number of rotatable bonds is 1. The Morgan fingerprint density at radius 3 is 1.75 bits per heavy atom. The van der Waals surface area contributed by atoms with Gasteiger partial charge in [-0.15, -0.1) is 0 Å². The molecule has 0 aliphatic carbocycles. The van der Waals surface area contributed by atoms with E-state index in [1.54, 1.807) is 0 Å². The average Bonchev–Trinajstić information content (AvgIpc) is 1.36. The van der Waals surface area contributed by atoms with Crippen LogP contribution in [0.1, 0.15) is 6.92 Å². The zero-order valence-electron chi connectivity index (χ0n) is 4.76. The van der Waals surface area contributed by atoms with E-state index in [2.05, 4.69) is 0 Å². The smallest absolute Gasteiger partial charge is 1.00 e. The van der Waals surface area contributed by atoms with Crippen LogP contribution in [0, 0.1) is 0 Å². The summed E-state index contributed by atoms with van der Waals surface area (Å²) in [7, 11) is 0. The van der Waals surface area contributed by atoms with Gasteiger partial charge in [-0.05, 0) is 6.92 Å². The molecule has 0 heterocycles. The molecule has 0 rings (SSSR count). The van der Waals surface area contributed by atoms with Gasteiger partial charge < -0.3 is 22.6 Å². The molecule has 0 aromatic carbocycles. The average molecular weight is 165 g/mol. The molecular formula is C3H6ClKO3. The zero-order valence-corrected chi connectivity index (χ0v) is 8.64. The van der Waals surface area contributed by atoms with Gasteiger partial charge in [-0.1, -0.05) is 0 Å². The first-order valence-corrected chi connectivity index (χ1v) is 1.55. The minimum absolute atomic E-state index is 0. The molecule has 0 amide bonds. The first-order valence-electron chi connectivity index (χ1n) is 1.55. The van der Waals surface area contributed by atoms with Crippen LogP contribution in [0.2, 0.25) is 0 Å². The standard InChI is InChI=1S/C3H6O3.ClH.K/c1-2(4)3(5)6;;/h2,4H,1H3,(H,5,6);1H;/q;;+1/p-1. The number of hydrogen-bond acceptors (Lipinski definition) is 2. The molecule has 0 spiro atoms. The Morgan fingerprint density at radius 1 is 1.62 bits per heavy atom. The molecular weight excluding hydrogens is 159 g/mol. The second-order valence-electron chi connectivity index (χ2n) is 1.01. The molecule has 0 bridgehead atoms. The van der Waals surface area contributed by atoms with Crippen LogP contribution in [0.4, 0.5) is 0 Å². The molecule has 3 nitrogen and oxygen atoms in total. The summed E-state index contributed by atoms with van der Waals surface area (Å²) in [6.45, 7) is 1.20. The number of halogens is 1. The van der Waals surface area contributed by atoms with E-state index in [1.165, 1.54) is 6.92 Å². The van der Waals surface area contributed by atoms with Crippen molar-refractivity contribution < 1.29 is 78.8 Å². The van der Waals surface area contributed by atoms with E-state index in [4.69, 9.17) is 10.2 Å². The third-order valence-corrected chi connectivity index (χ3v) is 0.357. The molecule has 0 saturated heterocycles. The monoisotopic (exact) mass is 164 g/mol. The maximum atomic E-state index is 9.45. The van der Waals surface area contributed by atoms with Crippen LogP contribution in [0.5, 0.6) is 0 Å². The molecule has 44 valence electrons. The molecule has 2 N–H and O–H groups in total. The summed E-state index contributed by atoms with van der Waals surface area (Å²) in [6, 6.07) is 0. The van der Waals surface area contributed by atoms with Crippen molar-refractivity contribution in [2.45, 2.75) is 13.0 Å². The van der Waals surface area contributed by atoms with Crippen LogP contribution in [0.3, 0.4) is 0 Å². The fraction of sp³-hybridized carbons (Fsp3) is 0.667. The molecule has 0 fully saturated rings. The summed E-state index contributed by atoms with van der Waals surface area (Å²) in [5.74, 6) is -1.19. The molecule has 1 atom stereocenters. The summed E-state index contributed by atoms with van der Waals surface area (Å²) < 4.78 is 0. The van der Waals surface area contributed by atoms with Crippen LogP contribution >= 0.6 is 0 Å². The third-order valence-electron chi connectivity index (χ3n) is 0.357. The number of carboxylic acids is 1. The number of aliphatic hydroxyl groups is 1. The molecule has 0 saturated carbocycles. The van der Waals surface area contributed by atoms with Crippen molar-refractivity contribution in [3.8, 4) is 0 Å². The molecule has 0 aliphatic rings. The van der Waals surface area contributed by atoms with Gasteiger partial charge in [0.05, 0.1) is 0 Å². The van der Waals surface area contributed by atoms with E-state index >= 15 is 0 Å². The first kappa shape index (κ1) is 16.2. The van der Waals surface area contributed by atoms with E-state index in [0.29, 0.717) is 0 Å². The van der Waals surface area contributed by atoms with Gasteiger partial charge in [0.1, 0.15) is 6.10 Å². The maximum Gasteiger partial charge on any atom is 1.00 e. The van der Waals surface area contributed by atoms with Crippen molar-refractivity contribution in [3.05, 3.63) is 0 Å². The van der Waals surface area contributed by atoms with Gasteiger partial charge in [0, 0.05) is 0 Å². The summed E-state index contributed by atoms with van der Waals surface area (Å²) in [6.07, 6.45) is -1.23. The number of aliphatic carboxylic acids is 1. The SMILES string of the molecule is CC(O)C(=O)O.[Cl-].[K+]. The Kier molecular flexibility index (Phi) is 16.9. The van der Waals surface area contributed by atoms with Gasteiger partial charge in [-0.3, -0.25) is 0 Å². The maximum absolute atomic E-state index is 9.45. The van der Waals surface area contributed by atoms with Gasteiger partial charge in [0.15, 0.2) is 0 Å². The molecule has 0 aromatic heterocycles. The number of carbonyl (C=O) groups is 1. The van der Waals surface area contributed by atoms with Crippen LogP contribution in [-0.2, 0) is 4.79 Å². The van der Waals surface area contributed by atoms with Crippen molar-refractivity contribution in [3.63, 3.8) is 0 Å². The normalized spacial score (nSPS) is 10.2. The van der Waals surface area contributed by atoms with Crippen molar-refractivity contribution in [2.75, 3.05) is 0 Å². The van der Waals surface area contributed by atoms with Crippen LogP contribution in [0.25, 0.3) is 0 Å². The Morgan fingerprint density at radius 2 is 1.75 bits per heavy atom. The van der Waals surface area contributed by atoms with Crippen LogP contribution in [-0.4, -0.2) is 22.3 Å². The minimum Gasteiger partial charge on any atom is -1.00 e. The predicted octanol–water partition coefficient (Wildman–Crippen LogP) is -6.54. The minimum atomic E-state index is -1.23.